The summed E-state index contributed by atoms with van der Waals surface area (Å²) in [7, 11) is 0. The van der Waals surface area contributed by atoms with E-state index in [1.54, 1.807) is 18.3 Å². The molecule has 0 radical (unpaired) electrons. The summed E-state index contributed by atoms with van der Waals surface area (Å²) in [6.07, 6.45) is 2.98. The van der Waals surface area contributed by atoms with Crippen LogP contribution in [-0.4, -0.2) is 20.5 Å². The molecular weight excluding hydrogens is 256 g/mol. The molecule has 5 heteroatoms. The van der Waals surface area contributed by atoms with E-state index in [1.807, 2.05) is 30.3 Å². The number of benzene rings is 1. The highest BCUT2D eigenvalue weighted by atomic mass is 16.5. The molecule has 0 aliphatic rings. The van der Waals surface area contributed by atoms with Crippen molar-refractivity contribution in [3.8, 4) is 5.75 Å². The maximum atomic E-state index is 11.1. The Kier molecular flexibility index (Phi) is 3.09. The molecular formula is C15H12N2O3. The smallest absolute Gasteiger partial charge is 0.354 e. The Hall–Kier alpha value is -2.82. The number of carboxylic acids is 1. The Labute approximate surface area is 115 Å². The van der Waals surface area contributed by atoms with E-state index in [-0.39, 0.29) is 5.69 Å². The molecule has 1 N–H and O–H groups in total. The molecule has 0 unspecified atom stereocenters. The standard InChI is InChI=1S/C15H12N2O3/c18-15(19)12-9-16-14-13(7-4-8-17(12)14)20-10-11-5-2-1-3-6-11/h1-9H,10H2,(H,18,19). The van der Waals surface area contributed by atoms with Gasteiger partial charge in [-0.1, -0.05) is 30.3 Å². The number of carbonyl (C=O) groups is 1. The Morgan fingerprint density at radius 2 is 2.00 bits per heavy atom. The first kappa shape index (κ1) is 12.2. The predicted octanol–water partition coefficient (Wildman–Crippen LogP) is 2.61. The van der Waals surface area contributed by atoms with Crippen LogP contribution in [0, 0.1) is 0 Å². The molecule has 0 amide bonds. The number of aromatic nitrogens is 2. The number of carboxylic acid groups (broad SMARTS) is 1. The maximum absolute atomic E-state index is 11.1. The van der Waals surface area contributed by atoms with Crippen LogP contribution in [0.5, 0.6) is 5.75 Å². The van der Waals surface area contributed by atoms with Crippen LogP contribution in [0.1, 0.15) is 16.1 Å². The highest BCUT2D eigenvalue weighted by molar-refractivity contribution is 5.87. The molecule has 0 spiro atoms. The van der Waals surface area contributed by atoms with Crippen molar-refractivity contribution < 1.29 is 14.6 Å². The lowest BCUT2D eigenvalue weighted by molar-refractivity contribution is 0.0689. The molecule has 20 heavy (non-hydrogen) atoms. The molecule has 2 aromatic heterocycles. The molecule has 1 aromatic carbocycles. The van der Waals surface area contributed by atoms with Crippen LogP contribution >= 0.6 is 0 Å². The number of aromatic carboxylic acids is 1. The summed E-state index contributed by atoms with van der Waals surface area (Å²) < 4.78 is 7.22. The molecule has 0 saturated carbocycles. The minimum absolute atomic E-state index is 0.116. The van der Waals surface area contributed by atoms with Gasteiger partial charge < -0.3 is 9.84 Å². The van der Waals surface area contributed by atoms with E-state index in [4.69, 9.17) is 9.84 Å². The SMILES string of the molecule is O=C(O)c1cnc2c(OCc3ccccc3)cccn12. The maximum Gasteiger partial charge on any atom is 0.354 e. The number of hydrogen-bond donors (Lipinski definition) is 1. The van der Waals surface area contributed by atoms with E-state index < -0.39 is 5.97 Å². The monoisotopic (exact) mass is 268 g/mol. The highest BCUT2D eigenvalue weighted by Crippen LogP contribution is 2.20. The predicted molar refractivity (Wildman–Crippen MR) is 72.9 cm³/mol. The van der Waals surface area contributed by atoms with Crippen molar-refractivity contribution >= 4 is 11.6 Å². The minimum atomic E-state index is -1.02. The van der Waals surface area contributed by atoms with Crippen LogP contribution in [0.4, 0.5) is 0 Å². The number of rotatable bonds is 4. The van der Waals surface area contributed by atoms with Gasteiger partial charge in [0.25, 0.3) is 0 Å². The quantitative estimate of drug-likeness (QED) is 0.790. The van der Waals surface area contributed by atoms with Crippen molar-refractivity contribution in [3.63, 3.8) is 0 Å². The number of pyridine rings is 1. The largest absolute Gasteiger partial charge is 0.485 e. The average molecular weight is 268 g/mol. The second-order valence-corrected chi connectivity index (χ2v) is 4.29. The van der Waals surface area contributed by atoms with Crippen LogP contribution in [-0.2, 0) is 6.61 Å². The summed E-state index contributed by atoms with van der Waals surface area (Å²) in [5, 5.41) is 9.07. The average Bonchev–Trinajstić information content (AvgIpc) is 2.91. The van der Waals surface area contributed by atoms with E-state index in [9.17, 15) is 4.79 Å². The zero-order valence-electron chi connectivity index (χ0n) is 10.6. The van der Waals surface area contributed by atoms with E-state index in [2.05, 4.69) is 4.98 Å². The molecule has 0 aliphatic heterocycles. The lowest BCUT2D eigenvalue weighted by atomic mass is 10.2. The van der Waals surface area contributed by atoms with E-state index >= 15 is 0 Å². The van der Waals surface area contributed by atoms with Gasteiger partial charge in [-0.3, -0.25) is 4.40 Å². The summed E-state index contributed by atoms with van der Waals surface area (Å²) >= 11 is 0. The second-order valence-electron chi connectivity index (χ2n) is 4.29. The second kappa shape index (κ2) is 5.05. The van der Waals surface area contributed by atoms with Crippen LogP contribution < -0.4 is 4.74 Å². The highest BCUT2D eigenvalue weighted by Gasteiger charge is 2.13. The summed E-state index contributed by atoms with van der Waals surface area (Å²) in [5.74, 6) is -0.457. The van der Waals surface area contributed by atoms with Gasteiger partial charge in [-0.05, 0) is 17.7 Å². The fourth-order valence-electron chi connectivity index (χ4n) is 1.99. The molecule has 2 heterocycles. The fraction of sp³-hybridized carbons (Fsp3) is 0.0667. The van der Waals surface area contributed by atoms with Gasteiger partial charge in [-0.15, -0.1) is 0 Å². The fourth-order valence-corrected chi connectivity index (χ4v) is 1.99. The molecule has 0 saturated heterocycles. The normalized spacial score (nSPS) is 10.6. The van der Waals surface area contributed by atoms with E-state index in [0.717, 1.165) is 5.56 Å². The molecule has 0 aliphatic carbocycles. The molecule has 0 bridgehead atoms. The van der Waals surface area contributed by atoms with Gasteiger partial charge in [-0.25, -0.2) is 9.78 Å². The lowest BCUT2D eigenvalue weighted by Crippen LogP contribution is -2.02. The van der Waals surface area contributed by atoms with Gasteiger partial charge in [0.1, 0.15) is 6.61 Å². The first-order chi connectivity index (χ1) is 9.75. The number of fused-ring (bicyclic) bond motifs is 1. The summed E-state index contributed by atoms with van der Waals surface area (Å²) in [4.78, 5) is 15.2. The van der Waals surface area contributed by atoms with Crippen molar-refractivity contribution in [3.05, 3.63) is 66.1 Å². The number of imidazole rings is 1. The number of hydrogen-bond acceptors (Lipinski definition) is 3. The first-order valence-electron chi connectivity index (χ1n) is 6.12. The van der Waals surface area contributed by atoms with Crippen molar-refractivity contribution in [2.45, 2.75) is 6.61 Å². The van der Waals surface area contributed by atoms with Gasteiger partial charge in [0.05, 0.1) is 6.20 Å². The molecule has 0 atom stereocenters. The zero-order chi connectivity index (χ0) is 13.9. The minimum Gasteiger partial charge on any atom is -0.485 e. The Balaban J connectivity index is 1.90. The number of nitrogens with zero attached hydrogens (tertiary/aromatic N) is 2. The lowest BCUT2D eigenvalue weighted by Gasteiger charge is -2.07. The van der Waals surface area contributed by atoms with Crippen molar-refractivity contribution in [2.75, 3.05) is 0 Å². The van der Waals surface area contributed by atoms with Crippen molar-refractivity contribution in [2.24, 2.45) is 0 Å². The molecule has 3 aromatic rings. The third-order valence-electron chi connectivity index (χ3n) is 2.96. The van der Waals surface area contributed by atoms with Gasteiger partial charge in [0.2, 0.25) is 0 Å². The molecule has 100 valence electrons. The third kappa shape index (κ3) is 2.21. The first-order valence-corrected chi connectivity index (χ1v) is 6.12. The zero-order valence-corrected chi connectivity index (χ0v) is 10.6. The third-order valence-corrected chi connectivity index (χ3v) is 2.96. The van der Waals surface area contributed by atoms with Crippen molar-refractivity contribution in [1.29, 1.82) is 0 Å². The molecule has 0 fully saturated rings. The van der Waals surface area contributed by atoms with Crippen LogP contribution in [0.15, 0.2) is 54.9 Å². The van der Waals surface area contributed by atoms with Gasteiger partial charge in [-0.2, -0.15) is 0 Å². The molecule has 3 rings (SSSR count). The van der Waals surface area contributed by atoms with Gasteiger partial charge in [0, 0.05) is 6.20 Å². The van der Waals surface area contributed by atoms with E-state index in [1.165, 1.54) is 10.6 Å². The summed E-state index contributed by atoms with van der Waals surface area (Å²) in [6, 6.07) is 13.3. The Morgan fingerprint density at radius 3 is 2.75 bits per heavy atom. The van der Waals surface area contributed by atoms with Gasteiger partial charge in [0.15, 0.2) is 17.1 Å². The Morgan fingerprint density at radius 1 is 1.20 bits per heavy atom. The van der Waals surface area contributed by atoms with Crippen molar-refractivity contribution in [1.82, 2.24) is 9.38 Å². The van der Waals surface area contributed by atoms with Gasteiger partial charge >= 0.3 is 5.97 Å². The van der Waals surface area contributed by atoms with Crippen LogP contribution in [0.25, 0.3) is 5.65 Å². The topological polar surface area (TPSA) is 63.8 Å². The summed E-state index contributed by atoms with van der Waals surface area (Å²) in [5.41, 5.74) is 1.66. The van der Waals surface area contributed by atoms with Crippen LogP contribution in [0.3, 0.4) is 0 Å². The Bertz CT molecular complexity index is 750. The van der Waals surface area contributed by atoms with Crippen LogP contribution in [0.2, 0.25) is 0 Å². The molecule has 5 nitrogen and oxygen atoms in total. The summed E-state index contributed by atoms with van der Waals surface area (Å²) in [6.45, 7) is 0.412. The van der Waals surface area contributed by atoms with E-state index in [0.29, 0.717) is 18.0 Å². The number of ether oxygens (including phenoxy) is 1.